The largest absolute Gasteiger partial charge is 0.326 e. The minimum Gasteiger partial charge on any atom is -0.326 e. The highest BCUT2D eigenvalue weighted by Gasteiger charge is 2.06. The van der Waals surface area contributed by atoms with Gasteiger partial charge in [-0.3, -0.25) is 4.79 Å². The van der Waals surface area contributed by atoms with Gasteiger partial charge in [0.05, 0.1) is 0 Å². The van der Waals surface area contributed by atoms with E-state index in [4.69, 9.17) is 11.6 Å². The molecular formula is C16H24ClNO. The molecule has 1 N–H and O–H groups in total. The third kappa shape index (κ3) is 6.11. The molecule has 1 aromatic rings. The number of nitrogens with one attached hydrogen (secondary N) is 1. The molecule has 1 amide bonds. The quantitative estimate of drug-likeness (QED) is 0.641. The fourth-order valence-electron chi connectivity index (χ4n) is 2.02. The fourth-order valence-corrected chi connectivity index (χ4v) is 2.20. The van der Waals surface area contributed by atoms with E-state index in [0.717, 1.165) is 24.1 Å². The number of benzene rings is 1. The molecule has 19 heavy (non-hydrogen) atoms. The Bertz CT molecular complexity index is 404. The van der Waals surface area contributed by atoms with Gasteiger partial charge in [0.1, 0.15) is 0 Å². The third-order valence-electron chi connectivity index (χ3n) is 3.30. The second kappa shape index (κ2) is 8.98. The van der Waals surface area contributed by atoms with Crippen LogP contribution in [0.2, 0.25) is 5.02 Å². The van der Waals surface area contributed by atoms with E-state index in [0.29, 0.717) is 11.4 Å². The monoisotopic (exact) mass is 281 g/mol. The van der Waals surface area contributed by atoms with Crippen molar-refractivity contribution in [3.8, 4) is 0 Å². The number of hydrogen-bond donors (Lipinski definition) is 1. The van der Waals surface area contributed by atoms with Crippen molar-refractivity contribution in [2.24, 2.45) is 0 Å². The highest BCUT2D eigenvalue weighted by atomic mass is 35.5. The Hall–Kier alpha value is -1.02. The number of rotatable bonds is 8. The van der Waals surface area contributed by atoms with Gasteiger partial charge in [-0.05, 0) is 31.0 Å². The van der Waals surface area contributed by atoms with Crippen LogP contribution in [0.4, 0.5) is 5.69 Å². The van der Waals surface area contributed by atoms with E-state index in [2.05, 4.69) is 12.2 Å². The lowest BCUT2D eigenvalue weighted by Crippen LogP contribution is -2.12. The minimum absolute atomic E-state index is 0.0841. The second-order valence-corrected chi connectivity index (χ2v) is 5.39. The fraction of sp³-hybridized carbons (Fsp3) is 0.562. The van der Waals surface area contributed by atoms with Crippen LogP contribution < -0.4 is 5.32 Å². The van der Waals surface area contributed by atoms with Gasteiger partial charge < -0.3 is 5.32 Å². The summed E-state index contributed by atoms with van der Waals surface area (Å²) in [5.74, 6) is 0.0841. The number of amides is 1. The number of carbonyl (C=O) groups excluding carboxylic acids is 1. The van der Waals surface area contributed by atoms with Gasteiger partial charge in [0.15, 0.2) is 0 Å². The van der Waals surface area contributed by atoms with Crippen molar-refractivity contribution in [2.75, 3.05) is 5.32 Å². The number of anilines is 1. The maximum Gasteiger partial charge on any atom is 0.224 e. The topological polar surface area (TPSA) is 29.1 Å². The van der Waals surface area contributed by atoms with Gasteiger partial charge in [0.2, 0.25) is 5.91 Å². The smallest absolute Gasteiger partial charge is 0.224 e. The van der Waals surface area contributed by atoms with Crippen LogP contribution in [0.25, 0.3) is 0 Å². The zero-order valence-electron chi connectivity index (χ0n) is 12.0. The van der Waals surface area contributed by atoms with Crippen LogP contribution in [0.3, 0.4) is 0 Å². The normalized spacial score (nSPS) is 10.5. The lowest BCUT2D eigenvalue weighted by Gasteiger charge is -2.09. The molecule has 0 saturated heterocycles. The molecule has 0 unspecified atom stereocenters. The second-order valence-electron chi connectivity index (χ2n) is 4.98. The molecule has 0 aliphatic rings. The van der Waals surface area contributed by atoms with Crippen molar-refractivity contribution in [3.63, 3.8) is 0 Å². The van der Waals surface area contributed by atoms with Crippen molar-refractivity contribution in [2.45, 2.75) is 58.8 Å². The summed E-state index contributed by atoms with van der Waals surface area (Å²) in [6, 6.07) is 5.58. The Morgan fingerprint density at radius 2 is 1.84 bits per heavy atom. The van der Waals surface area contributed by atoms with E-state index in [1.807, 2.05) is 25.1 Å². The van der Waals surface area contributed by atoms with Gasteiger partial charge in [-0.1, -0.05) is 56.7 Å². The Kier molecular flexibility index (Phi) is 7.57. The maximum atomic E-state index is 11.8. The first-order valence-electron chi connectivity index (χ1n) is 7.20. The van der Waals surface area contributed by atoms with E-state index >= 15 is 0 Å². The molecule has 0 aliphatic carbocycles. The zero-order chi connectivity index (χ0) is 14.1. The number of unbranched alkanes of at least 4 members (excludes halogenated alkanes) is 5. The third-order valence-corrected chi connectivity index (χ3v) is 3.71. The number of halogens is 1. The summed E-state index contributed by atoms with van der Waals surface area (Å²) < 4.78 is 0. The Morgan fingerprint density at radius 1 is 1.16 bits per heavy atom. The van der Waals surface area contributed by atoms with Crippen LogP contribution in [0.1, 0.15) is 57.4 Å². The summed E-state index contributed by atoms with van der Waals surface area (Å²) in [5.41, 5.74) is 1.75. The van der Waals surface area contributed by atoms with Crippen LogP contribution in [-0.2, 0) is 4.79 Å². The average Bonchev–Trinajstić information content (AvgIpc) is 2.39. The van der Waals surface area contributed by atoms with Gasteiger partial charge in [0, 0.05) is 17.1 Å². The molecule has 0 atom stereocenters. The van der Waals surface area contributed by atoms with Crippen LogP contribution in [0.15, 0.2) is 18.2 Å². The first-order chi connectivity index (χ1) is 9.15. The van der Waals surface area contributed by atoms with E-state index in [-0.39, 0.29) is 5.91 Å². The summed E-state index contributed by atoms with van der Waals surface area (Å²) in [6.45, 7) is 4.13. The molecule has 2 nitrogen and oxygen atoms in total. The molecule has 106 valence electrons. The first-order valence-corrected chi connectivity index (χ1v) is 7.58. The SMILES string of the molecule is CCCCCCCCC(=O)Nc1cccc(Cl)c1C. The lowest BCUT2D eigenvalue weighted by atomic mass is 10.1. The first kappa shape index (κ1) is 16.0. The molecule has 0 radical (unpaired) electrons. The minimum atomic E-state index is 0.0841. The molecular weight excluding hydrogens is 258 g/mol. The highest BCUT2D eigenvalue weighted by Crippen LogP contribution is 2.23. The summed E-state index contributed by atoms with van der Waals surface area (Å²) in [7, 11) is 0. The molecule has 0 heterocycles. The van der Waals surface area contributed by atoms with E-state index in [9.17, 15) is 4.79 Å². The summed E-state index contributed by atoms with van der Waals surface area (Å²) in [4.78, 5) is 11.8. The van der Waals surface area contributed by atoms with Crippen LogP contribution in [0, 0.1) is 6.92 Å². The molecule has 0 aliphatic heterocycles. The predicted octanol–water partition coefficient (Wildman–Crippen LogP) is 5.34. The average molecular weight is 282 g/mol. The van der Waals surface area contributed by atoms with Gasteiger partial charge in [-0.25, -0.2) is 0 Å². The Labute approximate surface area is 121 Å². The maximum absolute atomic E-state index is 11.8. The number of hydrogen-bond acceptors (Lipinski definition) is 1. The predicted molar refractivity (Wildman–Crippen MR) is 82.8 cm³/mol. The van der Waals surface area contributed by atoms with Crippen LogP contribution in [0.5, 0.6) is 0 Å². The Morgan fingerprint density at radius 3 is 2.58 bits per heavy atom. The lowest BCUT2D eigenvalue weighted by molar-refractivity contribution is -0.116. The molecule has 1 aromatic carbocycles. The van der Waals surface area contributed by atoms with Crippen molar-refractivity contribution in [1.29, 1.82) is 0 Å². The summed E-state index contributed by atoms with van der Waals surface area (Å²) >= 11 is 6.02. The van der Waals surface area contributed by atoms with Crippen molar-refractivity contribution in [3.05, 3.63) is 28.8 Å². The van der Waals surface area contributed by atoms with Crippen LogP contribution in [-0.4, -0.2) is 5.91 Å². The summed E-state index contributed by atoms with van der Waals surface area (Å²) in [5, 5.41) is 3.62. The van der Waals surface area contributed by atoms with Gasteiger partial charge >= 0.3 is 0 Å². The molecule has 0 spiro atoms. The highest BCUT2D eigenvalue weighted by molar-refractivity contribution is 6.31. The molecule has 0 saturated carbocycles. The van der Waals surface area contributed by atoms with Gasteiger partial charge in [-0.2, -0.15) is 0 Å². The van der Waals surface area contributed by atoms with Crippen molar-refractivity contribution < 1.29 is 4.79 Å². The molecule has 1 rings (SSSR count). The molecule has 0 bridgehead atoms. The van der Waals surface area contributed by atoms with Crippen molar-refractivity contribution in [1.82, 2.24) is 0 Å². The van der Waals surface area contributed by atoms with Gasteiger partial charge in [-0.15, -0.1) is 0 Å². The van der Waals surface area contributed by atoms with E-state index < -0.39 is 0 Å². The molecule has 3 heteroatoms. The molecule has 0 fully saturated rings. The Balaban J connectivity index is 2.26. The van der Waals surface area contributed by atoms with Crippen LogP contribution >= 0.6 is 11.6 Å². The number of carbonyl (C=O) groups is 1. The van der Waals surface area contributed by atoms with E-state index in [1.54, 1.807) is 0 Å². The molecule has 0 aromatic heterocycles. The van der Waals surface area contributed by atoms with Gasteiger partial charge in [0.25, 0.3) is 0 Å². The standard InChI is InChI=1S/C16H24ClNO/c1-3-4-5-6-7-8-12-16(19)18-15-11-9-10-14(17)13(15)2/h9-11H,3-8,12H2,1-2H3,(H,18,19). The zero-order valence-corrected chi connectivity index (χ0v) is 12.7. The summed E-state index contributed by atoms with van der Waals surface area (Å²) in [6.07, 6.45) is 7.78. The van der Waals surface area contributed by atoms with E-state index in [1.165, 1.54) is 25.7 Å². The van der Waals surface area contributed by atoms with Crippen molar-refractivity contribution >= 4 is 23.2 Å².